The van der Waals surface area contributed by atoms with Crippen molar-refractivity contribution < 1.29 is 14.7 Å². The number of hydrazine groups is 1. The van der Waals surface area contributed by atoms with E-state index in [1.54, 1.807) is 30.3 Å². The second-order valence-corrected chi connectivity index (χ2v) is 3.01. The monoisotopic (exact) mass is 244 g/mol. The number of rotatable bonds is 4. The van der Waals surface area contributed by atoms with E-state index in [2.05, 4.69) is 0 Å². The summed E-state index contributed by atoms with van der Waals surface area (Å²) in [5.74, 6) is 4.06. The molecule has 1 rings (SSSR count). The first-order chi connectivity index (χ1) is 7.11. The number of carboxylic acid groups (broad SMARTS) is 1. The number of nitrogens with zero attached hydrogens (tertiary/aromatic N) is 1. The van der Waals surface area contributed by atoms with Crippen molar-refractivity contribution in [2.24, 2.45) is 5.84 Å². The quantitative estimate of drug-likeness (QED) is 0.468. The average Bonchev–Trinajstić information content (AvgIpc) is 2.26. The Morgan fingerprint density at radius 3 is 2.31 bits per heavy atom. The zero-order valence-corrected chi connectivity index (χ0v) is 9.31. The van der Waals surface area contributed by atoms with Gasteiger partial charge in [-0.1, -0.05) is 18.2 Å². The molecule has 16 heavy (non-hydrogen) atoms. The molecule has 5 nitrogen and oxygen atoms in total. The third-order valence-electron chi connectivity index (χ3n) is 1.85. The van der Waals surface area contributed by atoms with E-state index in [0.717, 1.165) is 5.01 Å². The van der Waals surface area contributed by atoms with Crippen LogP contribution in [0.25, 0.3) is 0 Å². The summed E-state index contributed by atoms with van der Waals surface area (Å²) in [5, 5.41) is 9.33. The Hall–Kier alpha value is -1.59. The van der Waals surface area contributed by atoms with Gasteiger partial charge in [0.2, 0.25) is 0 Å². The molecule has 1 amide bonds. The molecule has 0 fully saturated rings. The molecule has 88 valence electrons. The first-order valence-electron chi connectivity index (χ1n) is 4.44. The third-order valence-corrected chi connectivity index (χ3v) is 1.85. The molecule has 1 aromatic carbocycles. The van der Waals surface area contributed by atoms with Crippen molar-refractivity contribution in [1.82, 2.24) is 5.01 Å². The lowest BCUT2D eigenvalue weighted by Crippen LogP contribution is -2.38. The maximum absolute atomic E-state index is 11.6. The minimum atomic E-state index is -0.980. The maximum Gasteiger partial charge on any atom is 0.305 e. The molecule has 0 radical (unpaired) electrons. The predicted octanol–water partition coefficient (Wildman–Crippen LogP) is 0.899. The number of carboxylic acids is 1. The number of halogens is 1. The van der Waals surface area contributed by atoms with Crippen LogP contribution in [0.1, 0.15) is 16.8 Å². The lowest BCUT2D eigenvalue weighted by Gasteiger charge is -2.15. The maximum atomic E-state index is 11.6. The summed E-state index contributed by atoms with van der Waals surface area (Å²) in [6.07, 6.45) is -0.158. The van der Waals surface area contributed by atoms with Gasteiger partial charge in [0.15, 0.2) is 0 Å². The Bertz CT molecular complexity index is 356. The van der Waals surface area contributed by atoms with Crippen LogP contribution in [0.5, 0.6) is 0 Å². The van der Waals surface area contributed by atoms with Crippen LogP contribution in [-0.2, 0) is 4.79 Å². The van der Waals surface area contributed by atoms with Crippen LogP contribution in [0.2, 0.25) is 0 Å². The topological polar surface area (TPSA) is 83.6 Å². The zero-order valence-electron chi connectivity index (χ0n) is 8.50. The highest BCUT2D eigenvalue weighted by molar-refractivity contribution is 5.93. The summed E-state index contributed by atoms with van der Waals surface area (Å²) in [6, 6.07) is 8.48. The van der Waals surface area contributed by atoms with Crippen molar-refractivity contribution >= 4 is 24.3 Å². The first kappa shape index (κ1) is 14.4. The molecule has 1 aromatic rings. The Morgan fingerprint density at radius 1 is 1.25 bits per heavy atom. The van der Waals surface area contributed by atoms with Gasteiger partial charge in [0.05, 0.1) is 6.42 Å². The molecule has 0 aliphatic heterocycles. The number of hydrogen-bond donors (Lipinski definition) is 2. The van der Waals surface area contributed by atoms with Gasteiger partial charge in [0, 0.05) is 12.1 Å². The van der Waals surface area contributed by atoms with Crippen LogP contribution in [0, 0.1) is 0 Å². The smallest absolute Gasteiger partial charge is 0.305 e. The molecule has 0 saturated heterocycles. The summed E-state index contributed by atoms with van der Waals surface area (Å²) in [4.78, 5) is 21.8. The number of carbonyl (C=O) groups excluding carboxylic acids is 1. The number of aliphatic carboxylic acids is 1. The van der Waals surface area contributed by atoms with Crippen LogP contribution >= 0.6 is 12.4 Å². The summed E-state index contributed by atoms with van der Waals surface area (Å²) in [7, 11) is 0. The van der Waals surface area contributed by atoms with Crippen molar-refractivity contribution in [3.8, 4) is 0 Å². The Kier molecular flexibility index (Phi) is 6.14. The van der Waals surface area contributed by atoms with Crippen LogP contribution in [0.3, 0.4) is 0 Å². The van der Waals surface area contributed by atoms with Gasteiger partial charge in [0.1, 0.15) is 0 Å². The number of hydrogen-bond acceptors (Lipinski definition) is 3. The largest absolute Gasteiger partial charge is 0.481 e. The van der Waals surface area contributed by atoms with E-state index in [4.69, 9.17) is 10.9 Å². The van der Waals surface area contributed by atoms with Crippen molar-refractivity contribution in [1.29, 1.82) is 0 Å². The average molecular weight is 245 g/mol. The molecule has 0 unspecified atom stereocenters. The fourth-order valence-electron chi connectivity index (χ4n) is 1.06. The van der Waals surface area contributed by atoms with Gasteiger partial charge in [-0.3, -0.25) is 14.6 Å². The number of benzene rings is 1. The molecule has 3 N–H and O–H groups in total. The second kappa shape index (κ2) is 6.81. The van der Waals surface area contributed by atoms with Crippen molar-refractivity contribution in [3.63, 3.8) is 0 Å². The van der Waals surface area contributed by atoms with Gasteiger partial charge in [0.25, 0.3) is 5.91 Å². The Balaban J connectivity index is 0.00000225. The molecule has 0 aromatic heterocycles. The molecular weight excluding hydrogens is 232 g/mol. The van der Waals surface area contributed by atoms with E-state index in [9.17, 15) is 9.59 Å². The Morgan fingerprint density at radius 2 is 1.81 bits per heavy atom. The van der Waals surface area contributed by atoms with Gasteiger partial charge < -0.3 is 5.11 Å². The van der Waals surface area contributed by atoms with Gasteiger partial charge in [-0.25, -0.2) is 5.84 Å². The summed E-state index contributed by atoms with van der Waals surface area (Å²) >= 11 is 0. The highest BCUT2D eigenvalue weighted by Gasteiger charge is 2.12. The highest BCUT2D eigenvalue weighted by Crippen LogP contribution is 2.01. The van der Waals surface area contributed by atoms with Crippen molar-refractivity contribution in [3.05, 3.63) is 35.9 Å². The number of nitrogens with two attached hydrogens (primary N) is 1. The first-order valence-corrected chi connectivity index (χ1v) is 4.44. The molecule has 0 atom stereocenters. The predicted molar refractivity (Wildman–Crippen MR) is 61.2 cm³/mol. The molecular formula is C10H13ClN2O3. The zero-order chi connectivity index (χ0) is 11.3. The molecule has 0 bridgehead atoms. The van der Waals surface area contributed by atoms with Crippen molar-refractivity contribution in [2.45, 2.75) is 6.42 Å². The van der Waals surface area contributed by atoms with Gasteiger partial charge in [-0.15, -0.1) is 12.4 Å². The second-order valence-electron chi connectivity index (χ2n) is 3.01. The molecule has 0 aliphatic carbocycles. The van der Waals surface area contributed by atoms with E-state index < -0.39 is 5.97 Å². The fraction of sp³-hybridized carbons (Fsp3) is 0.200. The van der Waals surface area contributed by atoms with Gasteiger partial charge in [-0.05, 0) is 12.1 Å². The van der Waals surface area contributed by atoms with E-state index in [0.29, 0.717) is 5.56 Å². The SMILES string of the molecule is Cl.NN(CCC(=O)O)C(=O)c1ccccc1. The van der Waals surface area contributed by atoms with Crippen LogP contribution < -0.4 is 5.84 Å². The van der Waals surface area contributed by atoms with E-state index in [-0.39, 0.29) is 31.3 Å². The molecule has 0 aliphatic rings. The minimum absolute atomic E-state index is 0. The van der Waals surface area contributed by atoms with Crippen LogP contribution in [0.4, 0.5) is 0 Å². The highest BCUT2D eigenvalue weighted by atomic mass is 35.5. The lowest BCUT2D eigenvalue weighted by atomic mass is 10.2. The number of carbonyl (C=O) groups is 2. The van der Waals surface area contributed by atoms with Crippen LogP contribution in [-0.4, -0.2) is 28.5 Å². The van der Waals surface area contributed by atoms with E-state index >= 15 is 0 Å². The third kappa shape index (κ3) is 4.29. The molecule has 6 heteroatoms. The summed E-state index contributed by atoms with van der Waals surface area (Å²) in [6.45, 7) is 0.00304. The van der Waals surface area contributed by atoms with E-state index in [1.165, 1.54) is 0 Å². The van der Waals surface area contributed by atoms with Gasteiger partial charge in [-0.2, -0.15) is 0 Å². The summed E-state index contributed by atoms with van der Waals surface area (Å²) < 4.78 is 0. The number of amides is 1. The van der Waals surface area contributed by atoms with Gasteiger partial charge >= 0.3 is 5.97 Å². The molecule has 0 spiro atoms. The minimum Gasteiger partial charge on any atom is -0.481 e. The normalized spacial score (nSPS) is 9.06. The van der Waals surface area contributed by atoms with E-state index in [1.807, 2.05) is 0 Å². The summed E-state index contributed by atoms with van der Waals surface area (Å²) in [5.41, 5.74) is 0.449. The fourth-order valence-corrected chi connectivity index (χ4v) is 1.06. The molecule has 0 saturated carbocycles. The standard InChI is InChI=1S/C10H12N2O3.ClH/c11-12(7-6-9(13)14)10(15)8-4-2-1-3-5-8;/h1-5H,6-7,11H2,(H,13,14);1H. The molecule has 0 heterocycles. The van der Waals surface area contributed by atoms with Crippen molar-refractivity contribution in [2.75, 3.05) is 6.54 Å². The Labute approximate surface area is 99.2 Å². The van der Waals surface area contributed by atoms with Crippen LogP contribution in [0.15, 0.2) is 30.3 Å². The lowest BCUT2D eigenvalue weighted by molar-refractivity contribution is -0.137.